The molecule has 2 aromatic rings. The van der Waals surface area contributed by atoms with Crippen LogP contribution in [0, 0.1) is 0 Å². The second kappa shape index (κ2) is 7.36. The maximum atomic E-state index is 5.28. The molecule has 0 atom stereocenters. The molecule has 0 saturated carbocycles. The maximum absolute atomic E-state index is 5.28. The summed E-state index contributed by atoms with van der Waals surface area (Å²) in [5, 5.41) is 5.83. The number of fused-ring (bicyclic) bond motifs is 1. The van der Waals surface area contributed by atoms with Gasteiger partial charge in [0, 0.05) is 19.6 Å². The van der Waals surface area contributed by atoms with Gasteiger partial charge in [0.2, 0.25) is 0 Å². The van der Waals surface area contributed by atoms with E-state index >= 15 is 0 Å². The maximum Gasteiger partial charge on any atom is 0.194 e. The van der Waals surface area contributed by atoms with Gasteiger partial charge in [0.25, 0.3) is 0 Å². The molecule has 0 unspecified atom stereocenters. The Labute approximate surface area is 138 Å². The zero-order valence-electron chi connectivity index (χ0n) is 14.0. The van der Waals surface area contributed by atoms with Crippen LogP contribution in [-0.2, 0) is 6.54 Å². The lowest BCUT2D eigenvalue weighted by Crippen LogP contribution is -2.39. The van der Waals surface area contributed by atoms with Gasteiger partial charge >= 0.3 is 0 Å². The predicted molar refractivity (Wildman–Crippen MR) is 96.1 cm³/mol. The van der Waals surface area contributed by atoms with Crippen molar-refractivity contribution in [2.75, 3.05) is 26.7 Å². The molecule has 4 heteroatoms. The van der Waals surface area contributed by atoms with Crippen LogP contribution in [0.2, 0.25) is 0 Å². The highest BCUT2D eigenvalue weighted by Crippen LogP contribution is 2.22. The van der Waals surface area contributed by atoms with E-state index in [9.17, 15) is 0 Å². The monoisotopic (exact) mass is 311 g/mol. The average molecular weight is 311 g/mol. The first kappa shape index (κ1) is 15.7. The number of aliphatic imine (C=N–C) groups is 1. The van der Waals surface area contributed by atoms with E-state index in [4.69, 9.17) is 9.73 Å². The van der Waals surface area contributed by atoms with Crippen molar-refractivity contribution < 1.29 is 4.74 Å². The lowest BCUT2D eigenvalue weighted by molar-refractivity contribution is 0.415. The fourth-order valence-corrected chi connectivity index (χ4v) is 3.02. The molecule has 4 nitrogen and oxygen atoms in total. The minimum atomic E-state index is 0.709. The Hall–Kier alpha value is -2.23. The third-order valence-corrected chi connectivity index (χ3v) is 4.26. The lowest BCUT2D eigenvalue weighted by Gasteiger charge is -2.20. The van der Waals surface area contributed by atoms with Crippen LogP contribution in [0.5, 0.6) is 5.75 Å². The summed E-state index contributed by atoms with van der Waals surface area (Å²) in [7, 11) is 1.70. The number of hydrogen-bond acceptors (Lipinski definition) is 2. The number of guanidine groups is 1. The van der Waals surface area contributed by atoms with Gasteiger partial charge in [-0.1, -0.05) is 18.2 Å². The number of nitrogens with zero attached hydrogens (tertiary/aromatic N) is 2. The lowest BCUT2D eigenvalue weighted by atomic mass is 10.1. The molecule has 0 radical (unpaired) electrons. The molecule has 0 aromatic heterocycles. The summed E-state index contributed by atoms with van der Waals surface area (Å²) in [5.74, 6) is 1.94. The second-order valence-corrected chi connectivity index (χ2v) is 5.91. The Morgan fingerprint density at radius 2 is 1.87 bits per heavy atom. The number of ether oxygens (including phenoxy) is 1. The number of rotatable bonds is 4. The summed E-state index contributed by atoms with van der Waals surface area (Å²) in [6.07, 6.45) is 2.53. The van der Waals surface area contributed by atoms with Crippen molar-refractivity contribution in [2.45, 2.75) is 26.3 Å². The van der Waals surface area contributed by atoms with E-state index in [0.717, 1.165) is 31.3 Å². The molecule has 0 aliphatic carbocycles. The smallest absolute Gasteiger partial charge is 0.194 e. The summed E-state index contributed by atoms with van der Waals surface area (Å²) < 4.78 is 5.28. The van der Waals surface area contributed by atoms with Crippen molar-refractivity contribution in [3.8, 4) is 5.75 Å². The quantitative estimate of drug-likeness (QED) is 0.694. The van der Waals surface area contributed by atoms with Crippen LogP contribution in [-0.4, -0.2) is 37.6 Å². The molecule has 1 N–H and O–H groups in total. The Morgan fingerprint density at radius 1 is 1.13 bits per heavy atom. The van der Waals surface area contributed by atoms with Gasteiger partial charge in [-0.3, -0.25) is 0 Å². The molecule has 1 heterocycles. The highest BCUT2D eigenvalue weighted by Gasteiger charge is 2.15. The normalized spacial score (nSPS) is 15.2. The summed E-state index contributed by atoms with van der Waals surface area (Å²) in [4.78, 5) is 7.17. The van der Waals surface area contributed by atoms with Crippen LogP contribution < -0.4 is 10.1 Å². The van der Waals surface area contributed by atoms with Gasteiger partial charge in [-0.25, -0.2) is 4.99 Å². The molecule has 1 aliphatic rings. The average Bonchev–Trinajstić information content (AvgIpc) is 3.12. The van der Waals surface area contributed by atoms with Gasteiger partial charge in [0.05, 0.1) is 13.7 Å². The summed E-state index contributed by atoms with van der Waals surface area (Å²) in [6, 6.07) is 12.7. The van der Waals surface area contributed by atoms with Crippen LogP contribution in [0.3, 0.4) is 0 Å². The molecule has 1 fully saturated rings. The number of nitrogens with one attached hydrogen (secondary N) is 1. The second-order valence-electron chi connectivity index (χ2n) is 5.91. The van der Waals surface area contributed by atoms with Crippen molar-refractivity contribution in [3.63, 3.8) is 0 Å². The zero-order chi connectivity index (χ0) is 16.1. The third-order valence-electron chi connectivity index (χ3n) is 4.26. The number of hydrogen-bond donors (Lipinski definition) is 1. The Morgan fingerprint density at radius 3 is 2.61 bits per heavy atom. The summed E-state index contributed by atoms with van der Waals surface area (Å²) >= 11 is 0. The standard InChI is InChI=1S/C19H25N3O/c1-3-20-19(22-10-4-5-11-22)21-14-15-6-7-17-13-18(23-2)9-8-16(17)12-15/h6-9,12-13H,3-5,10-11,14H2,1-2H3,(H,20,21). The molecule has 0 bridgehead atoms. The molecule has 1 aliphatic heterocycles. The van der Waals surface area contributed by atoms with Crippen LogP contribution in [0.15, 0.2) is 41.4 Å². The van der Waals surface area contributed by atoms with Gasteiger partial charge in [0.1, 0.15) is 5.75 Å². The molecular weight excluding hydrogens is 286 g/mol. The van der Waals surface area contributed by atoms with Gasteiger partial charge < -0.3 is 15.0 Å². The van der Waals surface area contributed by atoms with Crippen LogP contribution in [0.25, 0.3) is 10.8 Å². The van der Waals surface area contributed by atoms with E-state index < -0.39 is 0 Å². The molecule has 0 amide bonds. The minimum Gasteiger partial charge on any atom is -0.497 e. The van der Waals surface area contributed by atoms with E-state index in [1.54, 1.807) is 7.11 Å². The molecule has 1 saturated heterocycles. The largest absolute Gasteiger partial charge is 0.497 e. The van der Waals surface area contributed by atoms with Crippen molar-refractivity contribution in [1.29, 1.82) is 0 Å². The topological polar surface area (TPSA) is 36.9 Å². The van der Waals surface area contributed by atoms with Crippen LogP contribution in [0.4, 0.5) is 0 Å². The highest BCUT2D eigenvalue weighted by molar-refractivity contribution is 5.84. The van der Waals surface area contributed by atoms with E-state index in [1.807, 2.05) is 6.07 Å². The van der Waals surface area contributed by atoms with Gasteiger partial charge in [-0.05, 0) is 54.3 Å². The molecule has 3 rings (SSSR count). The SMILES string of the molecule is CCNC(=NCc1ccc2cc(OC)ccc2c1)N1CCCC1. The highest BCUT2D eigenvalue weighted by atomic mass is 16.5. The Balaban J connectivity index is 1.78. The minimum absolute atomic E-state index is 0.709. The fraction of sp³-hybridized carbons (Fsp3) is 0.421. The van der Waals surface area contributed by atoms with Crippen molar-refractivity contribution in [2.24, 2.45) is 4.99 Å². The summed E-state index contributed by atoms with van der Waals surface area (Å²) in [6.45, 7) is 5.97. The molecule has 23 heavy (non-hydrogen) atoms. The first-order valence-corrected chi connectivity index (χ1v) is 8.40. The Kier molecular flexibility index (Phi) is 5.01. The van der Waals surface area contributed by atoms with Crippen LogP contribution >= 0.6 is 0 Å². The van der Waals surface area contributed by atoms with Crippen molar-refractivity contribution in [1.82, 2.24) is 10.2 Å². The number of likely N-dealkylation sites (tertiary alicyclic amines) is 1. The van der Waals surface area contributed by atoms with Crippen molar-refractivity contribution in [3.05, 3.63) is 42.0 Å². The van der Waals surface area contributed by atoms with E-state index in [-0.39, 0.29) is 0 Å². The predicted octanol–water partition coefficient (Wildman–Crippen LogP) is 3.41. The van der Waals surface area contributed by atoms with Crippen molar-refractivity contribution >= 4 is 16.7 Å². The van der Waals surface area contributed by atoms with Crippen LogP contribution in [0.1, 0.15) is 25.3 Å². The molecule has 0 spiro atoms. The molecular formula is C19H25N3O. The molecule has 2 aromatic carbocycles. The van der Waals surface area contributed by atoms with E-state index in [2.05, 4.69) is 47.5 Å². The first-order chi connectivity index (χ1) is 11.3. The van der Waals surface area contributed by atoms with Gasteiger partial charge in [0.15, 0.2) is 5.96 Å². The zero-order valence-corrected chi connectivity index (χ0v) is 14.0. The fourth-order valence-electron chi connectivity index (χ4n) is 3.02. The molecule has 122 valence electrons. The van der Waals surface area contributed by atoms with Gasteiger partial charge in [-0.2, -0.15) is 0 Å². The summed E-state index contributed by atoms with van der Waals surface area (Å²) in [5.41, 5.74) is 1.23. The Bertz CT molecular complexity index is 690. The number of methoxy groups -OCH3 is 1. The number of benzene rings is 2. The van der Waals surface area contributed by atoms with E-state index in [0.29, 0.717) is 6.54 Å². The third kappa shape index (κ3) is 3.76. The first-order valence-electron chi connectivity index (χ1n) is 8.40. The van der Waals surface area contributed by atoms with Gasteiger partial charge in [-0.15, -0.1) is 0 Å². The van der Waals surface area contributed by atoms with E-state index in [1.165, 1.54) is 29.2 Å².